The molecule has 1 saturated heterocycles. The molecule has 0 aliphatic carbocycles. The van der Waals surface area contributed by atoms with E-state index < -0.39 is 0 Å². The molecule has 1 heterocycles. The van der Waals surface area contributed by atoms with Crippen molar-refractivity contribution in [2.75, 3.05) is 18.4 Å². The number of piperidine rings is 1. The Morgan fingerprint density at radius 3 is 2.29 bits per heavy atom. The number of benzene rings is 1. The maximum absolute atomic E-state index is 11.9. The molecule has 0 aromatic heterocycles. The molecule has 2 rings (SSSR count). The second kappa shape index (κ2) is 6.61. The SMILES string of the molecule is CC1CCN(Cc2ccc(NC(=O)C(C)(C)C)cc2)CC1. The molecule has 21 heavy (non-hydrogen) atoms. The number of nitrogens with zero attached hydrogens (tertiary/aromatic N) is 1. The van der Waals surface area contributed by atoms with Crippen molar-refractivity contribution >= 4 is 11.6 Å². The molecule has 1 amide bonds. The van der Waals surface area contributed by atoms with Gasteiger partial charge in [-0.25, -0.2) is 0 Å². The van der Waals surface area contributed by atoms with Crippen LogP contribution in [0.2, 0.25) is 0 Å². The minimum Gasteiger partial charge on any atom is -0.326 e. The minimum absolute atomic E-state index is 0.0558. The molecule has 0 radical (unpaired) electrons. The van der Waals surface area contributed by atoms with Crippen molar-refractivity contribution in [1.29, 1.82) is 0 Å². The maximum Gasteiger partial charge on any atom is 0.229 e. The number of hydrogen-bond donors (Lipinski definition) is 1. The predicted molar refractivity (Wildman–Crippen MR) is 88.2 cm³/mol. The Morgan fingerprint density at radius 1 is 1.19 bits per heavy atom. The number of amides is 1. The lowest BCUT2D eigenvalue weighted by atomic mass is 9.95. The fourth-order valence-corrected chi connectivity index (χ4v) is 2.49. The molecule has 1 fully saturated rings. The summed E-state index contributed by atoms with van der Waals surface area (Å²) in [5.41, 5.74) is 1.84. The minimum atomic E-state index is -0.358. The number of anilines is 1. The first kappa shape index (κ1) is 16.0. The molecule has 1 aliphatic heterocycles. The molecule has 116 valence electrons. The first-order valence-corrected chi connectivity index (χ1v) is 7.97. The highest BCUT2D eigenvalue weighted by molar-refractivity contribution is 5.94. The molecule has 0 bridgehead atoms. The zero-order valence-corrected chi connectivity index (χ0v) is 13.8. The third-order valence-corrected chi connectivity index (χ3v) is 4.18. The Labute approximate surface area is 128 Å². The van der Waals surface area contributed by atoms with Gasteiger partial charge < -0.3 is 5.32 Å². The first-order valence-electron chi connectivity index (χ1n) is 7.97. The van der Waals surface area contributed by atoms with E-state index in [0.29, 0.717) is 0 Å². The van der Waals surface area contributed by atoms with Gasteiger partial charge in [0.05, 0.1) is 0 Å². The number of hydrogen-bond acceptors (Lipinski definition) is 2. The van der Waals surface area contributed by atoms with Crippen molar-refractivity contribution < 1.29 is 4.79 Å². The summed E-state index contributed by atoms with van der Waals surface area (Å²) < 4.78 is 0. The number of rotatable bonds is 3. The van der Waals surface area contributed by atoms with Gasteiger partial charge in [0, 0.05) is 17.6 Å². The molecule has 1 aromatic carbocycles. The van der Waals surface area contributed by atoms with Crippen LogP contribution in [0.3, 0.4) is 0 Å². The van der Waals surface area contributed by atoms with Crippen LogP contribution in [0.1, 0.15) is 46.1 Å². The highest BCUT2D eigenvalue weighted by atomic mass is 16.2. The first-order chi connectivity index (χ1) is 9.84. The number of likely N-dealkylation sites (tertiary alicyclic amines) is 1. The molecule has 0 unspecified atom stereocenters. The fourth-order valence-electron chi connectivity index (χ4n) is 2.49. The summed E-state index contributed by atoms with van der Waals surface area (Å²) >= 11 is 0. The quantitative estimate of drug-likeness (QED) is 0.914. The zero-order chi connectivity index (χ0) is 15.5. The van der Waals surface area contributed by atoms with E-state index >= 15 is 0 Å². The summed E-state index contributed by atoms with van der Waals surface area (Å²) in [6.45, 7) is 11.5. The van der Waals surface area contributed by atoms with Crippen LogP contribution in [-0.2, 0) is 11.3 Å². The number of nitrogens with one attached hydrogen (secondary N) is 1. The lowest BCUT2D eigenvalue weighted by molar-refractivity contribution is -0.123. The van der Waals surface area contributed by atoms with E-state index in [1.54, 1.807) is 0 Å². The van der Waals surface area contributed by atoms with Crippen LogP contribution in [-0.4, -0.2) is 23.9 Å². The molecule has 1 aliphatic rings. The fraction of sp³-hybridized carbons (Fsp3) is 0.611. The Morgan fingerprint density at radius 2 is 1.76 bits per heavy atom. The summed E-state index contributed by atoms with van der Waals surface area (Å²) in [4.78, 5) is 14.5. The van der Waals surface area contributed by atoms with Gasteiger partial charge in [0.1, 0.15) is 0 Å². The molecule has 0 saturated carbocycles. The maximum atomic E-state index is 11.9. The highest BCUT2D eigenvalue weighted by Gasteiger charge is 2.21. The van der Waals surface area contributed by atoms with E-state index in [-0.39, 0.29) is 11.3 Å². The lowest BCUT2D eigenvalue weighted by Crippen LogP contribution is -2.32. The van der Waals surface area contributed by atoms with Crippen LogP contribution < -0.4 is 5.32 Å². The van der Waals surface area contributed by atoms with Crippen molar-refractivity contribution in [3.63, 3.8) is 0 Å². The van der Waals surface area contributed by atoms with Gasteiger partial charge in [-0.2, -0.15) is 0 Å². The predicted octanol–water partition coefficient (Wildman–Crippen LogP) is 3.90. The summed E-state index contributed by atoms with van der Waals surface area (Å²) in [5.74, 6) is 0.927. The third kappa shape index (κ3) is 4.85. The lowest BCUT2D eigenvalue weighted by Gasteiger charge is -2.30. The summed E-state index contributed by atoms with van der Waals surface area (Å²) in [6.07, 6.45) is 2.61. The second-order valence-electron chi connectivity index (χ2n) is 7.36. The van der Waals surface area contributed by atoms with Crippen molar-refractivity contribution in [3.8, 4) is 0 Å². The Kier molecular flexibility index (Phi) is 5.04. The molecular formula is C18H28N2O. The number of carbonyl (C=O) groups excluding carboxylic acids is 1. The van der Waals surface area contributed by atoms with E-state index in [4.69, 9.17) is 0 Å². The average Bonchev–Trinajstić information content (AvgIpc) is 2.42. The van der Waals surface area contributed by atoms with Gasteiger partial charge in [0.2, 0.25) is 5.91 Å². The van der Waals surface area contributed by atoms with Gasteiger partial charge in [-0.1, -0.05) is 39.8 Å². The van der Waals surface area contributed by atoms with E-state index in [1.807, 2.05) is 32.9 Å². The Bertz CT molecular complexity index is 465. The van der Waals surface area contributed by atoms with Crippen LogP contribution in [0.5, 0.6) is 0 Å². The van der Waals surface area contributed by atoms with E-state index in [9.17, 15) is 4.79 Å². The van der Waals surface area contributed by atoms with Crippen molar-refractivity contribution in [2.24, 2.45) is 11.3 Å². The topological polar surface area (TPSA) is 32.3 Å². The van der Waals surface area contributed by atoms with Crippen LogP contribution in [0, 0.1) is 11.3 Å². The van der Waals surface area contributed by atoms with Crippen LogP contribution in [0.4, 0.5) is 5.69 Å². The zero-order valence-electron chi connectivity index (χ0n) is 13.8. The van der Waals surface area contributed by atoms with Gasteiger partial charge in [-0.15, -0.1) is 0 Å². The van der Waals surface area contributed by atoms with E-state index in [1.165, 1.54) is 31.5 Å². The summed E-state index contributed by atoms with van der Waals surface area (Å²) in [6, 6.07) is 8.25. The third-order valence-electron chi connectivity index (χ3n) is 4.18. The van der Waals surface area contributed by atoms with Gasteiger partial charge >= 0.3 is 0 Å². The van der Waals surface area contributed by atoms with Crippen LogP contribution >= 0.6 is 0 Å². The number of carbonyl (C=O) groups is 1. The molecule has 3 heteroatoms. The highest BCUT2D eigenvalue weighted by Crippen LogP contribution is 2.20. The van der Waals surface area contributed by atoms with Gasteiger partial charge in [-0.05, 0) is 49.5 Å². The Balaban J connectivity index is 1.89. The van der Waals surface area contributed by atoms with Crippen molar-refractivity contribution in [2.45, 2.75) is 47.1 Å². The van der Waals surface area contributed by atoms with Crippen LogP contribution in [0.15, 0.2) is 24.3 Å². The molecule has 1 aromatic rings. The van der Waals surface area contributed by atoms with Gasteiger partial charge in [0.15, 0.2) is 0 Å². The molecule has 3 nitrogen and oxygen atoms in total. The van der Waals surface area contributed by atoms with E-state index in [2.05, 4.69) is 29.3 Å². The summed E-state index contributed by atoms with van der Waals surface area (Å²) in [7, 11) is 0. The average molecular weight is 288 g/mol. The van der Waals surface area contributed by atoms with E-state index in [0.717, 1.165) is 18.2 Å². The molecule has 0 atom stereocenters. The normalized spacial score (nSPS) is 17.7. The molecule has 0 spiro atoms. The van der Waals surface area contributed by atoms with Gasteiger partial charge in [0.25, 0.3) is 0 Å². The smallest absolute Gasteiger partial charge is 0.229 e. The molecular weight excluding hydrogens is 260 g/mol. The standard InChI is InChI=1S/C18H28N2O/c1-14-9-11-20(12-10-14)13-15-5-7-16(8-6-15)19-17(21)18(2,3)4/h5-8,14H,9-13H2,1-4H3,(H,19,21). The largest absolute Gasteiger partial charge is 0.326 e. The molecule has 1 N–H and O–H groups in total. The monoisotopic (exact) mass is 288 g/mol. The van der Waals surface area contributed by atoms with Crippen molar-refractivity contribution in [1.82, 2.24) is 4.90 Å². The van der Waals surface area contributed by atoms with Gasteiger partial charge in [-0.3, -0.25) is 9.69 Å². The summed E-state index contributed by atoms with van der Waals surface area (Å²) in [5, 5.41) is 2.97. The Hall–Kier alpha value is -1.35. The second-order valence-corrected chi connectivity index (χ2v) is 7.36. The van der Waals surface area contributed by atoms with Crippen LogP contribution in [0.25, 0.3) is 0 Å². The van der Waals surface area contributed by atoms with Crippen molar-refractivity contribution in [3.05, 3.63) is 29.8 Å².